The number of aromatic nitrogens is 1. The highest BCUT2D eigenvalue weighted by atomic mass is 35.5. The standard InChI is InChI=1S/C22H28N2O5S2.ClH/c25-19-8-7-18(21-20(19)24-22(26)30-21)9-11-23-12-16-31(27,28)15-4-13-29-14-10-17-5-2-1-3-6-17;/h1-3,5-8,23,25H,4,9-16H2,(H,24,26);1H. The number of fused-ring (bicyclic) bond motifs is 1. The summed E-state index contributed by atoms with van der Waals surface area (Å²) in [5.41, 5.74) is 2.61. The first-order chi connectivity index (χ1) is 14.9. The monoisotopic (exact) mass is 500 g/mol. The van der Waals surface area contributed by atoms with Crippen LogP contribution in [-0.2, 0) is 27.4 Å². The smallest absolute Gasteiger partial charge is 0.305 e. The molecular weight excluding hydrogens is 472 g/mol. The van der Waals surface area contributed by atoms with Crippen LogP contribution in [0.1, 0.15) is 17.5 Å². The largest absolute Gasteiger partial charge is 0.506 e. The van der Waals surface area contributed by atoms with Gasteiger partial charge in [-0.3, -0.25) is 4.79 Å². The minimum absolute atomic E-state index is 0. The molecule has 0 radical (unpaired) electrons. The second kappa shape index (κ2) is 13.0. The number of sulfone groups is 1. The molecule has 3 rings (SSSR count). The van der Waals surface area contributed by atoms with Crippen molar-refractivity contribution in [2.45, 2.75) is 19.3 Å². The minimum Gasteiger partial charge on any atom is -0.506 e. The first kappa shape index (κ1) is 26.3. The molecule has 0 unspecified atom stereocenters. The van der Waals surface area contributed by atoms with Gasteiger partial charge in [-0.2, -0.15) is 0 Å². The highest BCUT2D eigenvalue weighted by Gasteiger charge is 2.11. The Balaban J connectivity index is 0.00000363. The SMILES string of the molecule is Cl.O=c1[nH]c2c(O)ccc(CCNCCS(=O)(=O)CCCOCCc3ccccc3)c2s1. The second-order valence-corrected chi connectivity index (χ2v) is 10.6. The quantitative estimate of drug-likeness (QED) is 0.311. The fourth-order valence-electron chi connectivity index (χ4n) is 3.27. The third-order valence-corrected chi connectivity index (χ3v) is 7.62. The number of thiazole rings is 1. The molecule has 0 saturated heterocycles. The molecule has 32 heavy (non-hydrogen) atoms. The van der Waals surface area contributed by atoms with Gasteiger partial charge < -0.3 is 20.1 Å². The van der Waals surface area contributed by atoms with Crippen LogP contribution in [0.25, 0.3) is 10.2 Å². The van der Waals surface area contributed by atoms with Crippen LogP contribution in [0, 0.1) is 0 Å². The van der Waals surface area contributed by atoms with Gasteiger partial charge in [0, 0.05) is 13.2 Å². The van der Waals surface area contributed by atoms with Crippen molar-refractivity contribution in [2.75, 3.05) is 37.8 Å². The van der Waals surface area contributed by atoms with Crippen molar-refractivity contribution >= 4 is 43.8 Å². The van der Waals surface area contributed by atoms with E-state index in [9.17, 15) is 18.3 Å². The lowest BCUT2D eigenvalue weighted by molar-refractivity contribution is 0.138. The number of phenols is 1. The predicted molar refractivity (Wildman–Crippen MR) is 132 cm³/mol. The fraction of sp³-hybridized carbons (Fsp3) is 0.409. The number of hydrogen-bond acceptors (Lipinski definition) is 7. The summed E-state index contributed by atoms with van der Waals surface area (Å²) in [6.07, 6.45) is 1.96. The lowest BCUT2D eigenvalue weighted by atomic mass is 10.1. The molecule has 1 heterocycles. The van der Waals surface area contributed by atoms with Crippen molar-refractivity contribution in [2.24, 2.45) is 0 Å². The summed E-state index contributed by atoms with van der Waals surface area (Å²) in [4.78, 5) is 14.0. The van der Waals surface area contributed by atoms with Crippen molar-refractivity contribution in [1.82, 2.24) is 10.3 Å². The molecular formula is C22H29ClN2O5S2. The van der Waals surface area contributed by atoms with Crippen LogP contribution in [0.5, 0.6) is 5.75 Å². The molecule has 2 aromatic carbocycles. The normalized spacial score (nSPS) is 11.5. The number of halogens is 1. The Labute approximate surface area is 198 Å². The summed E-state index contributed by atoms with van der Waals surface area (Å²) in [6.45, 7) is 1.99. The maximum Gasteiger partial charge on any atom is 0.305 e. The van der Waals surface area contributed by atoms with Crippen LogP contribution in [0.2, 0.25) is 0 Å². The van der Waals surface area contributed by atoms with Crippen LogP contribution in [0.3, 0.4) is 0 Å². The molecule has 0 aliphatic carbocycles. The molecule has 0 aliphatic rings. The summed E-state index contributed by atoms with van der Waals surface area (Å²) in [5, 5.41) is 13.0. The van der Waals surface area contributed by atoms with E-state index in [0.29, 0.717) is 44.7 Å². The summed E-state index contributed by atoms with van der Waals surface area (Å²) in [5.74, 6) is 0.260. The van der Waals surface area contributed by atoms with Crippen molar-refractivity contribution in [1.29, 1.82) is 0 Å². The van der Waals surface area contributed by atoms with Gasteiger partial charge in [0.15, 0.2) is 9.84 Å². The number of nitrogens with one attached hydrogen (secondary N) is 2. The summed E-state index contributed by atoms with van der Waals surface area (Å²) >= 11 is 1.07. The van der Waals surface area contributed by atoms with E-state index < -0.39 is 9.84 Å². The lowest BCUT2D eigenvalue weighted by Crippen LogP contribution is -2.26. The Bertz CT molecular complexity index is 1130. The van der Waals surface area contributed by atoms with Gasteiger partial charge in [0.25, 0.3) is 0 Å². The first-order valence-corrected chi connectivity index (χ1v) is 12.9. The van der Waals surface area contributed by atoms with E-state index >= 15 is 0 Å². The van der Waals surface area contributed by atoms with Gasteiger partial charge in [0.05, 0.1) is 22.8 Å². The molecule has 7 nitrogen and oxygen atoms in total. The molecule has 0 atom stereocenters. The molecule has 0 saturated carbocycles. The average Bonchev–Trinajstić information content (AvgIpc) is 3.15. The Kier molecular flexibility index (Phi) is 10.7. The number of benzene rings is 2. The fourth-order valence-corrected chi connectivity index (χ4v) is 5.38. The zero-order valence-corrected chi connectivity index (χ0v) is 20.2. The topological polar surface area (TPSA) is 108 Å². The Morgan fingerprint density at radius 2 is 1.78 bits per heavy atom. The van der Waals surface area contributed by atoms with Crippen LogP contribution in [0.4, 0.5) is 0 Å². The number of aromatic amines is 1. The van der Waals surface area contributed by atoms with E-state index in [1.807, 2.05) is 30.3 Å². The van der Waals surface area contributed by atoms with Gasteiger partial charge in [-0.1, -0.05) is 47.7 Å². The molecule has 0 fully saturated rings. The summed E-state index contributed by atoms with van der Waals surface area (Å²) in [7, 11) is -3.12. The average molecular weight is 501 g/mol. The van der Waals surface area contributed by atoms with E-state index in [0.717, 1.165) is 28.0 Å². The molecule has 0 bridgehead atoms. The van der Waals surface area contributed by atoms with E-state index in [1.54, 1.807) is 12.1 Å². The number of rotatable bonds is 13. The molecule has 3 N–H and O–H groups in total. The third kappa shape index (κ3) is 8.22. The second-order valence-electron chi connectivity index (χ2n) is 7.32. The lowest BCUT2D eigenvalue weighted by Gasteiger charge is -2.08. The zero-order valence-electron chi connectivity index (χ0n) is 17.7. The first-order valence-electron chi connectivity index (χ1n) is 10.3. The van der Waals surface area contributed by atoms with Crippen LogP contribution in [-0.4, -0.2) is 56.3 Å². The zero-order chi connectivity index (χ0) is 22.1. The van der Waals surface area contributed by atoms with Crippen LogP contribution in [0.15, 0.2) is 47.3 Å². The Morgan fingerprint density at radius 1 is 1.00 bits per heavy atom. The van der Waals surface area contributed by atoms with Crippen molar-refractivity contribution in [3.05, 3.63) is 63.3 Å². The van der Waals surface area contributed by atoms with Gasteiger partial charge in [0.1, 0.15) is 11.3 Å². The van der Waals surface area contributed by atoms with Crippen molar-refractivity contribution in [3.63, 3.8) is 0 Å². The molecule has 10 heteroatoms. The number of hydrogen-bond donors (Lipinski definition) is 3. The molecule has 0 amide bonds. The van der Waals surface area contributed by atoms with E-state index in [-0.39, 0.29) is 34.5 Å². The van der Waals surface area contributed by atoms with E-state index in [1.165, 1.54) is 5.56 Å². The third-order valence-electron chi connectivity index (χ3n) is 4.92. The summed E-state index contributed by atoms with van der Waals surface area (Å²) < 4.78 is 30.6. The van der Waals surface area contributed by atoms with E-state index in [2.05, 4.69) is 10.3 Å². The van der Waals surface area contributed by atoms with Gasteiger partial charge in [-0.05, 0) is 43.0 Å². The highest BCUT2D eigenvalue weighted by molar-refractivity contribution is 7.91. The molecule has 1 aromatic heterocycles. The minimum atomic E-state index is -3.12. The van der Waals surface area contributed by atoms with Gasteiger partial charge >= 0.3 is 4.87 Å². The van der Waals surface area contributed by atoms with Crippen molar-refractivity contribution in [3.8, 4) is 5.75 Å². The van der Waals surface area contributed by atoms with Crippen molar-refractivity contribution < 1.29 is 18.3 Å². The number of phenolic OH excluding ortho intramolecular Hbond substituents is 1. The van der Waals surface area contributed by atoms with Gasteiger partial charge in [-0.25, -0.2) is 8.42 Å². The van der Waals surface area contributed by atoms with E-state index in [4.69, 9.17) is 4.74 Å². The van der Waals surface area contributed by atoms with Crippen LogP contribution < -0.4 is 10.2 Å². The number of H-pyrrole nitrogens is 1. The predicted octanol–water partition coefficient (Wildman–Crippen LogP) is 2.91. The maximum atomic E-state index is 12.2. The molecule has 0 aliphatic heterocycles. The van der Waals surface area contributed by atoms with Gasteiger partial charge in [0.2, 0.25) is 0 Å². The maximum absolute atomic E-state index is 12.2. The molecule has 176 valence electrons. The van der Waals surface area contributed by atoms with Crippen LogP contribution >= 0.6 is 23.7 Å². The number of ether oxygens (including phenoxy) is 1. The van der Waals surface area contributed by atoms with Gasteiger partial charge in [-0.15, -0.1) is 12.4 Å². The molecule has 0 spiro atoms. The Hall–Kier alpha value is -1.91. The highest BCUT2D eigenvalue weighted by Crippen LogP contribution is 2.27. The summed E-state index contributed by atoms with van der Waals surface area (Å²) in [6, 6.07) is 13.4. The molecule has 3 aromatic rings. The Morgan fingerprint density at radius 3 is 2.56 bits per heavy atom. The number of aromatic hydroxyl groups is 1.